The molecule has 2 aliphatic carbocycles. The largest absolute Gasteiger partial charge is 0.347 e. The number of nitrogens with one attached hydrogen (secondary N) is 2. The van der Waals surface area contributed by atoms with E-state index < -0.39 is 0 Å². The first-order valence-corrected chi connectivity index (χ1v) is 7.97. The summed E-state index contributed by atoms with van der Waals surface area (Å²) >= 11 is 0. The zero-order chi connectivity index (χ0) is 14.1. The molecule has 5 nitrogen and oxygen atoms in total. The summed E-state index contributed by atoms with van der Waals surface area (Å²) in [5, 5.41) is 5.96. The van der Waals surface area contributed by atoms with E-state index in [9.17, 15) is 4.79 Å². The lowest BCUT2D eigenvalue weighted by Gasteiger charge is -2.39. The predicted molar refractivity (Wildman–Crippen MR) is 75.4 cm³/mol. The van der Waals surface area contributed by atoms with Crippen molar-refractivity contribution in [1.29, 1.82) is 0 Å². The molecule has 2 saturated carbocycles. The Balaban J connectivity index is 1.39. The van der Waals surface area contributed by atoms with Crippen molar-refractivity contribution in [1.82, 2.24) is 10.6 Å². The Hall–Kier alpha value is -0.810. The quantitative estimate of drug-likeness (QED) is 0.835. The molecule has 0 unspecified atom stereocenters. The Morgan fingerprint density at radius 1 is 1.15 bits per heavy atom. The molecule has 2 N–H and O–H groups in total. The number of hydrogen-bond acceptors (Lipinski definition) is 3. The van der Waals surface area contributed by atoms with E-state index in [2.05, 4.69) is 17.6 Å². The van der Waals surface area contributed by atoms with E-state index in [1.165, 1.54) is 25.7 Å². The molecule has 0 aromatic rings. The van der Waals surface area contributed by atoms with Crippen molar-refractivity contribution in [3.05, 3.63) is 0 Å². The molecule has 5 heteroatoms. The molecule has 3 fully saturated rings. The van der Waals surface area contributed by atoms with Crippen LogP contribution in [0.25, 0.3) is 0 Å². The second-order valence-corrected chi connectivity index (χ2v) is 6.77. The lowest BCUT2D eigenvalue weighted by atomic mass is 9.79. The van der Waals surface area contributed by atoms with Gasteiger partial charge in [-0.05, 0) is 39.0 Å². The van der Waals surface area contributed by atoms with E-state index in [1.54, 1.807) is 0 Å². The van der Waals surface area contributed by atoms with Crippen LogP contribution in [-0.4, -0.2) is 36.6 Å². The number of ether oxygens (including phenoxy) is 2. The van der Waals surface area contributed by atoms with Gasteiger partial charge >= 0.3 is 6.03 Å². The first-order chi connectivity index (χ1) is 9.59. The lowest BCUT2D eigenvalue weighted by molar-refractivity contribution is -0.186. The van der Waals surface area contributed by atoms with Crippen LogP contribution in [0.3, 0.4) is 0 Å². The van der Waals surface area contributed by atoms with Gasteiger partial charge in [0.1, 0.15) is 6.10 Å². The standard InChI is InChI=1S/C15H26N2O3/c1-14(6-5-7-14)17-13(18)16-10-12-11-19-15(20-12)8-3-2-4-9-15/h12H,2-11H2,1H3,(H2,16,17,18)/t12-/m1/s1. The van der Waals surface area contributed by atoms with Crippen LogP contribution in [0.2, 0.25) is 0 Å². The highest BCUT2D eigenvalue weighted by molar-refractivity contribution is 5.74. The molecule has 1 heterocycles. The molecule has 3 aliphatic rings. The van der Waals surface area contributed by atoms with Gasteiger partial charge < -0.3 is 20.1 Å². The SMILES string of the molecule is CC1(NC(=O)NC[C@@H]2COC3(CCCCC3)O2)CCC1. The van der Waals surface area contributed by atoms with Gasteiger partial charge in [-0.15, -0.1) is 0 Å². The van der Waals surface area contributed by atoms with Gasteiger partial charge in [-0.1, -0.05) is 6.42 Å². The van der Waals surface area contributed by atoms with Gasteiger partial charge in [-0.2, -0.15) is 0 Å². The van der Waals surface area contributed by atoms with Crippen molar-refractivity contribution in [2.75, 3.05) is 13.2 Å². The number of urea groups is 1. The molecule has 1 atom stereocenters. The topological polar surface area (TPSA) is 59.6 Å². The summed E-state index contributed by atoms with van der Waals surface area (Å²) in [5.41, 5.74) is 0.00170. The Bertz CT molecular complexity index is 362. The van der Waals surface area contributed by atoms with Crippen LogP contribution in [0.15, 0.2) is 0 Å². The minimum Gasteiger partial charge on any atom is -0.347 e. The maximum atomic E-state index is 11.9. The van der Waals surface area contributed by atoms with Gasteiger partial charge in [0, 0.05) is 24.9 Å². The third kappa shape index (κ3) is 3.09. The fourth-order valence-electron chi connectivity index (χ4n) is 3.43. The molecule has 0 aromatic carbocycles. The monoisotopic (exact) mass is 282 g/mol. The zero-order valence-corrected chi connectivity index (χ0v) is 12.4. The fourth-order valence-corrected chi connectivity index (χ4v) is 3.43. The molecule has 1 aliphatic heterocycles. The molecule has 0 radical (unpaired) electrons. The highest BCUT2D eigenvalue weighted by Gasteiger charge is 2.42. The molecular formula is C15H26N2O3. The van der Waals surface area contributed by atoms with Crippen LogP contribution < -0.4 is 10.6 Å². The van der Waals surface area contributed by atoms with Crippen molar-refractivity contribution < 1.29 is 14.3 Å². The summed E-state index contributed by atoms with van der Waals surface area (Å²) in [7, 11) is 0. The van der Waals surface area contributed by atoms with Crippen molar-refractivity contribution in [2.24, 2.45) is 0 Å². The summed E-state index contributed by atoms with van der Waals surface area (Å²) in [6, 6.07) is -0.0830. The van der Waals surface area contributed by atoms with Gasteiger partial charge in [-0.25, -0.2) is 4.79 Å². The minimum absolute atomic E-state index is 0.00170. The van der Waals surface area contributed by atoms with E-state index in [1.807, 2.05) is 0 Å². The van der Waals surface area contributed by atoms with Crippen LogP contribution in [0.5, 0.6) is 0 Å². The molecular weight excluding hydrogens is 256 g/mol. The van der Waals surface area contributed by atoms with Crippen LogP contribution in [0.4, 0.5) is 4.79 Å². The first-order valence-electron chi connectivity index (χ1n) is 7.97. The summed E-state index contributed by atoms with van der Waals surface area (Å²) < 4.78 is 11.9. The molecule has 0 aromatic heterocycles. The number of rotatable bonds is 3. The van der Waals surface area contributed by atoms with Crippen LogP contribution in [-0.2, 0) is 9.47 Å². The van der Waals surface area contributed by atoms with Crippen molar-refractivity contribution in [3.63, 3.8) is 0 Å². The van der Waals surface area contributed by atoms with Gasteiger partial charge in [0.2, 0.25) is 0 Å². The zero-order valence-electron chi connectivity index (χ0n) is 12.4. The fraction of sp³-hybridized carbons (Fsp3) is 0.933. The average molecular weight is 282 g/mol. The van der Waals surface area contributed by atoms with Gasteiger partial charge in [-0.3, -0.25) is 0 Å². The van der Waals surface area contributed by atoms with Gasteiger partial charge in [0.15, 0.2) is 5.79 Å². The lowest BCUT2D eigenvalue weighted by Crippen LogP contribution is -2.55. The molecule has 1 saturated heterocycles. The third-order valence-electron chi connectivity index (χ3n) is 4.89. The number of amides is 2. The molecule has 2 amide bonds. The maximum absolute atomic E-state index is 11.9. The summed E-state index contributed by atoms with van der Waals surface area (Å²) in [5.74, 6) is -0.346. The first kappa shape index (κ1) is 14.1. The van der Waals surface area contributed by atoms with Gasteiger partial charge in [0.05, 0.1) is 6.61 Å². The minimum atomic E-state index is -0.346. The molecule has 3 rings (SSSR count). The summed E-state index contributed by atoms with van der Waals surface area (Å²) in [4.78, 5) is 11.9. The molecule has 20 heavy (non-hydrogen) atoms. The normalized spacial score (nSPS) is 30.8. The smallest absolute Gasteiger partial charge is 0.315 e. The van der Waals surface area contributed by atoms with Crippen molar-refractivity contribution in [2.45, 2.75) is 75.7 Å². The highest BCUT2D eigenvalue weighted by Crippen LogP contribution is 2.37. The van der Waals surface area contributed by atoms with E-state index in [4.69, 9.17) is 9.47 Å². The summed E-state index contributed by atoms with van der Waals surface area (Å²) in [6.45, 7) is 3.23. The number of carbonyl (C=O) groups excluding carboxylic acids is 1. The van der Waals surface area contributed by atoms with Crippen molar-refractivity contribution >= 4 is 6.03 Å². The van der Waals surface area contributed by atoms with Crippen molar-refractivity contribution in [3.8, 4) is 0 Å². The maximum Gasteiger partial charge on any atom is 0.315 e. The molecule has 114 valence electrons. The van der Waals surface area contributed by atoms with Gasteiger partial charge in [0.25, 0.3) is 0 Å². The van der Waals surface area contributed by atoms with Crippen LogP contribution in [0, 0.1) is 0 Å². The Labute approximate surface area is 120 Å². The van der Waals surface area contributed by atoms with Crippen LogP contribution >= 0.6 is 0 Å². The number of carbonyl (C=O) groups is 1. The Morgan fingerprint density at radius 2 is 1.90 bits per heavy atom. The molecule has 0 bridgehead atoms. The van der Waals surface area contributed by atoms with Crippen LogP contribution in [0.1, 0.15) is 58.3 Å². The average Bonchev–Trinajstić information content (AvgIpc) is 2.78. The Morgan fingerprint density at radius 3 is 2.55 bits per heavy atom. The predicted octanol–water partition coefficient (Wildman–Crippen LogP) is 2.30. The van der Waals surface area contributed by atoms with E-state index in [-0.39, 0.29) is 23.5 Å². The highest BCUT2D eigenvalue weighted by atomic mass is 16.7. The Kier molecular flexibility index (Phi) is 3.91. The second-order valence-electron chi connectivity index (χ2n) is 6.77. The van der Waals surface area contributed by atoms with E-state index in [0.717, 1.165) is 25.7 Å². The summed E-state index contributed by atoms with van der Waals surface area (Å²) in [6.07, 6.45) is 8.98. The number of hydrogen-bond donors (Lipinski definition) is 2. The van der Waals surface area contributed by atoms with E-state index in [0.29, 0.717) is 13.2 Å². The third-order valence-corrected chi connectivity index (χ3v) is 4.89. The second kappa shape index (κ2) is 5.53. The molecule has 1 spiro atoms. The van der Waals surface area contributed by atoms with E-state index >= 15 is 0 Å².